The third-order valence-electron chi connectivity index (χ3n) is 2.79. The quantitative estimate of drug-likeness (QED) is 0.357. The Kier molecular flexibility index (Phi) is 38.2. The molecule has 0 aromatic carbocycles. The number of rotatable bonds is 1. The molecule has 2 fully saturated rings. The molecule has 115 valence electrons. The van der Waals surface area contributed by atoms with E-state index in [0.717, 1.165) is 19.3 Å². The Balaban J connectivity index is -0.000000115. The molecule has 0 aromatic rings. The minimum absolute atomic E-state index is 0. The Morgan fingerprint density at radius 2 is 1.23 bits per heavy atom. The maximum absolute atomic E-state index is 9.38. The molecule has 5 radical (unpaired) electrons. The summed E-state index contributed by atoms with van der Waals surface area (Å²) in [6.07, 6.45) is 21.6. The summed E-state index contributed by atoms with van der Waals surface area (Å²) in [4.78, 5) is 0. The smallest absolute Gasteiger partial charge is 0.0312 e. The van der Waals surface area contributed by atoms with Gasteiger partial charge in [-0.3, -0.25) is 0 Å². The average molecular weight is 470 g/mol. The van der Waals surface area contributed by atoms with Crippen molar-refractivity contribution in [3.8, 4) is 5.92 Å². The van der Waals surface area contributed by atoms with Crippen LogP contribution in [0.4, 0.5) is 0 Å². The van der Waals surface area contributed by atoms with Gasteiger partial charge in [-0.1, -0.05) is 12.8 Å². The first-order valence-electron chi connectivity index (χ1n) is 6.20. The van der Waals surface area contributed by atoms with Crippen LogP contribution in [0.2, 0.25) is 0 Å². The minimum atomic E-state index is -0.161. The van der Waals surface area contributed by atoms with Gasteiger partial charge in [0.15, 0.2) is 0 Å². The number of aliphatic hydroxyl groups excluding tert-OH is 1. The van der Waals surface area contributed by atoms with Crippen LogP contribution >= 0.6 is 0 Å². The van der Waals surface area contributed by atoms with Gasteiger partial charge in [0.25, 0.3) is 0 Å². The van der Waals surface area contributed by atoms with Crippen LogP contribution in [0.1, 0.15) is 32.1 Å². The Morgan fingerprint density at radius 3 is 1.55 bits per heavy atom. The molecule has 0 unspecified atom stereocenters. The van der Waals surface area contributed by atoms with Crippen LogP contribution in [0.25, 0.3) is 0 Å². The summed E-state index contributed by atoms with van der Waals surface area (Å²) in [6, 6.07) is 0. The second-order valence-corrected chi connectivity index (χ2v) is 3.96. The van der Waals surface area contributed by atoms with E-state index < -0.39 is 0 Å². The zero-order chi connectivity index (χ0) is 16.9. The molecule has 0 aromatic heterocycles. The minimum Gasteiger partial charge on any atom is -0.0312 e. The van der Waals surface area contributed by atoms with Crippen LogP contribution in [-0.4, -0.2) is 11.2 Å². The summed E-state index contributed by atoms with van der Waals surface area (Å²) in [5, 5.41) is 9.38. The van der Waals surface area contributed by atoms with Gasteiger partial charge in [-0.25, -0.2) is 0 Å². The van der Waals surface area contributed by atoms with E-state index in [1.807, 2.05) is 32.1 Å². The second-order valence-electron chi connectivity index (χ2n) is 3.96. The Hall–Kier alpha value is -0.572. The van der Waals surface area contributed by atoms with Crippen molar-refractivity contribution in [3.05, 3.63) is 58.5 Å². The number of hydrogen-bond acceptors (Lipinski definition) is 1. The Morgan fingerprint density at radius 1 is 0.864 bits per heavy atom. The predicted molar refractivity (Wildman–Crippen MR) is 73.0 cm³/mol. The second kappa shape index (κ2) is 28.6. The van der Waals surface area contributed by atoms with Gasteiger partial charge in [-0.05, 0) is 57.3 Å². The predicted octanol–water partition coefficient (Wildman–Crippen LogP) is 2.42. The Bertz CT molecular complexity index is 278. The molecule has 2 aliphatic rings. The average Bonchev–Trinajstić information content (AvgIpc) is 3.15. The summed E-state index contributed by atoms with van der Waals surface area (Å²) in [6.45, 7) is 13.5. The SMILES string of the molecule is [C-]#CC[C@H]1CCCC[C@@H]1O.[C-]#[O+].[C-]#[O+].[C-]#[O+].[CH]1[CH][CH][CH][CH]1.[W+2]. The molecular formula is C17H18O4W+. The first-order valence-corrected chi connectivity index (χ1v) is 6.20. The summed E-state index contributed by atoms with van der Waals surface area (Å²) in [5.41, 5.74) is 0. The fourth-order valence-electron chi connectivity index (χ4n) is 1.88. The zero-order valence-corrected chi connectivity index (χ0v) is 15.1. The van der Waals surface area contributed by atoms with Gasteiger partial charge in [0.1, 0.15) is 0 Å². The fraction of sp³-hybridized carbons (Fsp3) is 0.412. The molecule has 0 saturated heterocycles. The van der Waals surface area contributed by atoms with Crippen molar-refractivity contribution in [1.82, 2.24) is 0 Å². The van der Waals surface area contributed by atoms with E-state index in [0.29, 0.717) is 12.3 Å². The van der Waals surface area contributed by atoms with Gasteiger partial charge >= 0.3 is 55.0 Å². The van der Waals surface area contributed by atoms with Crippen LogP contribution in [0.3, 0.4) is 0 Å². The van der Waals surface area contributed by atoms with Crippen LogP contribution in [0, 0.1) is 70.3 Å². The van der Waals surface area contributed by atoms with Crippen molar-refractivity contribution in [1.29, 1.82) is 0 Å². The van der Waals surface area contributed by atoms with E-state index in [1.54, 1.807) is 0 Å². The molecule has 0 bridgehead atoms. The van der Waals surface area contributed by atoms with Gasteiger partial charge in [-0.2, -0.15) is 0 Å². The van der Waals surface area contributed by atoms with Crippen LogP contribution in [0.15, 0.2) is 0 Å². The molecule has 0 amide bonds. The maximum atomic E-state index is 9.38. The van der Waals surface area contributed by atoms with Crippen LogP contribution in [0.5, 0.6) is 0 Å². The summed E-state index contributed by atoms with van der Waals surface area (Å²) in [5.74, 6) is 2.68. The summed E-state index contributed by atoms with van der Waals surface area (Å²) >= 11 is 0. The standard InChI is InChI=1S/C9H13O.C5H5.3CO.W/c1-2-5-8-6-3-4-7-9(8)10;1-2-4-5-3-1;3*1-2;/h8-10H,3-7H2;1-5H;;;;/q-1;;;;;+2/t8-,9-;;;;;/m0...../s1. The monoisotopic (exact) mass is 470 g/mol. The van der Waals surface area contributed by atoms with E-state index >= 15 is 0 Å². The number of aliphatic hydroxyl groups is 1. The maximum Gasteiger partial charge on any atom is 2.00 e. The van der Waals surface area contributed by atoms with Crippen molar-refractivity contribution in [2.75, 3.05) is 0 Å². The summed E-state index contributed by atoms with van der Waals surface area (Å²) in [7, 11) is 0. The third kappa shape index (κ3) is 19.4. The van der Waals surface area contributed by atoms with E-state index in [4.69, 9.17) is 20.4 Å². The van der Waals surface area contributed by atoms with Crippen molar-refractivity contribution in [3.63, 3.8) is 0 Å². The molecular weight excluding hydrogens is 452 g/mol. The van der Waals surface area contributed by atoms with Crippen molar-refractivity contribution < 1.29 is 40.1 Å². The van der Waals surface area contributed by atoms with E-state index in [1.165, 1.54) is 6.42 Å². The molecule has 2 aliphatic carbocycles. The molecule has 4 nitrogen and oxygen atoms in total. The zero-order valence-electron chi connectivity index (χ0n) is 12.2. The van der Waals surface area contributed by atoms with Gasteiger partial charge in [0, 0.05) is 0 Å². The van der Waals surface area contributed by atoms with Crippen molar-refractivity contribution in [2.45, 2.75) is 38.2 Å². The Labute approximate surface area is 148 Å². The fourth-order valence-corrected chi connectivity index (χ4v) is 1.88. The molecule has 0 aliphatic heterocycles. The van der Waals surface area contributed by atoms with Crippen molar-refractivity contribution in [2.24, 2.45) is 5.92 Å². The normalized spacial score (nSPS) is 20.8. The largest absolute Gasteiger partial charge is 2.00 e. The van der Waals surface area contributed by atoms with E-state index in [-0.39, 0.29) is 27.2 Å². The molecule has 2 saturated carbocycles. The first-order chi connectivity index (χ1) is 10.3. The molecule has 22 heavy (non-hydrogen) atoms. The summed E-state index contributed by atoms with van der Waals surface area (Å²) < 4.78 is 22.5. The van der Waals surface area contributed by atoms with E-state index in [2.05, 4.69) is 25.9 Å². The number of hydrogen-bond donors (Lipinski definition) is 1. The van der Waals surface area contributed by atoms with Crippen LogP contribution in [-0.2, 0) is 35.0 Å². The topological polar surface area (TPSA) is 79.9 Å². The molecule has 2 atom stereocenters. The van der Waals surface area contributed by atoms with Crippen LogP contribution < -0.4 is 0 Å². The molecule has 5 heteroatoms. The molecule has 0 heterocycles. The van der Waals surface area contributed by atoms with Crippen molar-refractivity contribution >= 4 is 0 Å². The van der Waals surface area contributed by atoms with E-state index in [9.17, 15) is 5.11 Å². The van der Waals surface area contributed by atoms with Gasteiger partial charge in [0.2, 0.25) is 0 Å². The molecule has 1 N–H and O–H groups in total. The first kappa shape index (κ1) is 29.4. The van der Waals surface area contributed by atoms with Gasteiger partial charge in [0.05, 0.1) is 6.10 Å². The molecule has 0 spiro atoms. The molecule has 2 rings (SSSR count). The van der Waals surface area contributed by atoms with Gasteiger partial charge < -0.3 is 17.5 Å². The third-order valence-corrected chi connectivity index (χ3v) is 2.79. The van der Waals surface area contributed by atoms with Gasteiger partial charge in [-0.15, -0.1) is 0 Å².